The van der Waals surface area contributed by atoms with Crippen molar-refractivity contribution in [1.29, 1.82) is 0 Å². The van der Waals surface area contributed by atoms with E-state index in [2.05, 4.69) is 6.92 Å². The number of hydrogen-bond acceptors (Lipinski definition) is 2. The van der Waals surface area contributed by atoms with E-state index in [1.54, 1.807) is 6.08 Å². The van der Waals surface area contributed by atoms with Crippen molar-refractivity contribution in [3.05, 3.63) is 12.3 Å². The Morgan fingerprint density at radius 3 is 2.27 bits per heavy atom. The lowest BCUT2D eigenvalue weighted by Gasteiger charge is -2.00. The predicted octanol–water partition coefficient (Wildman–Crippen LogP) is 4.20. The van der Waals surface area contributed by atoms with E-state index in [0.717, 1.165) is 12.8 Å². The second-order valence-electron chi connectivity index (χ2n) is 3.83. The highest BCUT2D eigenvalue weighted by Crippen LogP contribution is 2.08. The van der Waals surface area contributed by atoms with Gasteiger partial charge < -0.3 is 4.74 Å². The molecular weight excluding hydrogens is 188 g/mol. The van der Waals surface area contributed by atoms with Crippen LogP contribution in [-0.4, -0.2) is 5.97 Å². The van der Waals surface area contributed by atoms with Crippen LogP contribution in [0.1, 0.15) is 65.2 Å². The molecule has 0 N–H and O–H groups in total. The minimum absolute atomic E-state index is 0.110. The summed E-state index contributed by atoms with van der Waals surface area (Å²) in [6.07, 6.45) is 12.3. The first-order valence-electron chi connectivity index (χ1n) is 6.12. The topological polar surface area (TPSA) is 26.3 Å². The second kappa shape index (κ2) is 11.3. The molecule has 0 saturated carbocycles. The van der Waals surface area contributed by atoms with Crippen molar-refractivity contribution < 1.29 is 9.53 Å². The Hall–Kier alpha value is -0.790. The van der Waals surface area contributed by atoms with E-state index in [4.69, 9.17) is 4.74 Å². The highest BCUT2D eigenvalue weighted by atomic mass is 16.5. The first-order valence-corrected chi connectivity index (χ1v) is 6.12. The van der Waals surface area contributed by atoms with Crippen LogP contribution in [0, 0.1) is 0 Å². The van der Waals surface area contributed by atoms with Gasteiger partial charge in [-0.05, 0) is 13.3 Å². The van der Waals surface area contributed by atoms with Gasteiger partial charge in [-0.1, -0.05) is 51.5 Å². The smallest absolute Gasteiger partial charge is 0.310 e. The molecule has 0 aliphatic carbocycles. The lowest BCUT2D eigenvalue weighted by atomic mass is 10.1. The van der Waals surface area contributed by atoms with Crippen molar-refractivity contribution in [2.45, 2.75) is 65.2 Å². The van der Waals surface area contributed by atoms with Crippen LogP contribution in [0.15, 0.2) is 12.3 Å². The van der Waals surface area contributed by atoms with Crippen LogP contribution in [0.25, 0.3) is 0 Å². The maximum Gasteiger partial charge on any atom is 0.310 e. The predicted molar refractivity (Wildman–Crippen MR) is 63.5 cm³/mol. The maximum absolute atomic E-state index is 11.1. The van der Waals surface area contributed by atoms with Gasteiger partial charge in [-0.15, -0.1) is 0 Å². The molecule has 0 fully saturated rings. The Morgan fingerprint density at radius 1 is 1.07 bits per heavy atom. The van der Waals surface area contributed by atoms with Gasteiger partial charge in [-0.3, -0.25) is 4.79 Å². The van der Waals surface area contributed by atoms with E-state index in [1.807, 2.05) is 6.92 Å². The van der Waals surface area contributed by atoms with Crippen molar-refractivity contribution in [1.82, 2.24) is 0 Å². The van der Waals surface area contributed by atoms with Gasteiger partial charge in [0.2, 0.25) is 0 Å². The molecule has 0 rings (SSSR count). The molecule has 0 radical (unpaired) electrons. The van der Waals surface area contributed by atoms with Crippen LogP contribution >= 0.6 is 0 Å². The minimum Gasteiger partial charge on any atom is -0.435 e. The van der Waals surface area contributed by atoms with E-state index in [9.17, 15) is 4.79 Å². The molecule has 0 aromatic heterocycles. The average molecular weight is 212 g/mol. The summed E-state index contributed by atoms with van der Waals surface area (Å²) in [5.41, 5.74) is 0. The molecule has 0 aliphatic rings. The Morgan fingerprint density at radius 2 is 1.67 bits per heavy atom. The fourth-order valence-electron chi connectivity index (χ4n) is 1.43. The molecule has 0 aromatic carbocycles. The molecule has 0 spiro atoms. The van der Waals surface area contributed by atoms with Gasteiger partial charge in [-0.25, -0.2) is 0 Å². The van der Waals surface area contributed by atoms with Crippen molar-refractivity contribution in [3.63, 3.8) is 0 Å². The van der Waals surface area contributed by atoms with Gasteiger partial charge in [0.05, 0.1) is 6.26 Å². The fourth-order valence-corrected chi connectivity index (χ4v) is 1.43. The number of carbonyl (C=O) groups excluding carboxylic acids is 1. The van der Waals surface area contributed by atoms with Crippen LogP contribution < -0.4 is 0 Å². The lowest BCUT2D eigenvalue weighted by Crippen LogP contribution is -1.98. The van der Waals surface area contributed by atoms with E-state index in [1.165, 1.54) is 38.4 Å². The summed E-state index contributed by atoms with van der Waals surface area (Å²) in [6, 6.07) is 0. The minimum atomic E-state index is -0.110. The molecule has 2 heteroatoms. The van der Waals surface area contributed by atoms with Crippen LogP contribution in [0.5, 0.6) is 0 Å². The number of unbranched alkanes of at least 4 members (excludes halogenated alkanes) is 6. The molecule has 0 aliphatic heterocycles. The van der Waals surface area contributed by atoms with Crippen molar-refractivity contribution in [3.8, 4) is 0 Å². The van der Waals surface area contributed by atoms with Crippen LogP contribution in [0.3, 0.4) is 0 Å². The summed E-state index contributed by atoms with van der Waals surface area (Å²) in [5, 5.41) is 0. The summed E-state index contributed by atoms with van der Waals surface area (Å²) < 4.78 is 4.82. The molecule has 0 unspecified atom stereocenters. The van der Waals surface area contributed by atoms with Crippen molar-refractivity contribution >= 4 is 5.97 Å². The molecule has 88 valence electrons. The largest absolute Gasteiger partial charge is 0.435 e. The molecule has 0 heterocycles. The molecular formula is C13H24O2. The molecule has 0 aromatic rings. The van der Waals surface area contributed by atoms with E-state index in [-0.39, 0.29) is 5.97 Å². The fraction of sp³-hybridized carbons (Fsp3) is 0.769. The van der Waals surface area contributed by atoms with Gasteiger partial charge in [0, 0.05) is 6.42 Å². The Balaban J connectivity index is 3.13. The maximum atomic E-state index is 11.1. The van der Waals surface area contributed by atoms with Gasteiger partial charge >= 0.3 is 5.97 Å². The molecule has 0 amide bonds. The first kappa shape index (κ1) is 14.2. The Labute approximate surface area is 93.7 Å². The summed E-state index contributed by atoms with van der Waals surface area (Å²) in [5.74, 6) is -0.110. The Kier molecular flexibility index (Phi) is 10.7. The summed E-state index contributed by atoms with van der Waals surface area (Å²) >= 11 is 0. The first-order chi connectivity index (χ1) is 7.31. The zero-order chi connectivity index (χ0) is 11.4. The third-order valence-electron chi connectivity index (χ3n) is 2.32. The standard InChI is InChI=1S/C13H24O2/c1-3-5-6-7-8-9-10-11-13(14)15-12-4-2/h4,12H,3,5-11H2,1-2H3. The highest BCUT2D eigenvalue weighted by Gasteiger charge is 1.99. The van der Waals surface area contributed by atoms with Gasteiger partial charge in [0.15, 0.2) is 0 Å². The summed E-state index contributed by atoms with van der Waals surface area (Å²) in [4.78, 5) is 11.1. The van der Waals surface area contributed by atoms with Gasteiger partial charge in [0.25, 0.3) is 0 Å². The molecule has 0 saturated heterocycles. The van der Waals surface area contributed by atoms with Gasteiger partial charge in [0.1, 0.15) is 0 Å². The van der Waals surface area contributed by atoms with Crippen LogP contribution in [0.2, 0.25) is 0 Å². The average Bonchev–Trinajstić information content (AvgIpc) is 2.25. The number of allylic oxidation sites excluding steroid dienone is 1. The number of hydrogen-bond donors (Lipinski definition) is 0. The molecule has 0 bridgehead atoms. The third-order valence-corrected chi connectivity index (χ3v) is 2.32. The molecule has 0 atom stereocenters. The van der Waals surface area contributed by atoms with Gasteiger partial charge in [-0.2, -0.15) is 0 Å². The lowest BCUT2D eigenvalue weighted by molar-refractivity contribution is -0.138. The zero-order valence-electron chi connectivity index (χ0n) is 10.1. The quantitative estimate of drug-likeness (QED) is 0.325. The summed E-state index contributed by atoms with van der Waals surface area (Å²) in [6.45, 7) is 4.05. The number of esters is 1. The van der Waals surface area contributed by atoms with Crippen molar-refractivity contribution in [2.24, 2.45) is 0 Å². The summed E-state index contributed by atoms with van der Waals surface area (Å²) in [7, 11) is 0. The number of rotatable bonds is 9. The van der Waals surface area contributed by atoms with E-state index in [0.29, 0.717) is 6.42 Å². The SMILES string of the molecule is CC=COC(=O)CCCCCCCCC. The second-order valence-corrected chi connectivity index (χ2v) is 3.83. The molecule has 2 nitrogen and oxygen atoms in total. The van der Waals surface area contributed by atoms with E-state index >= 15 is 0 Å². The van der Waals surface area contributed by atoms with Crippen molar-refractivity contribution in [2.75, 3.05) is 0 Å². The molecule has 15 heavy (non-hydrogen) atoms. The highest BCUT2D eigenvalue weighted by molar-refractivity contribution is 5.69. The number of carbonyl (C=O) groups is 1. The van der Waals surface area contributed by atoms with E-state index < -0.39 is 0 Å². The normalized spacial score (nSPS) is 10.8. The third kappa shape index (κ3) is 11.1. The van der Waals surface area contributed by atoms with Crippen LogP contribution in [-0.2, 0) is 9.53 Å². The zero-order valence-corrected chi connectivity index (χ0v) is 10.1. The monoisotopic (exact) mass is 212 g/mol. The number of ether oxygens (including phenoxy) is 1. The van der Waals surface area contributed by atoms with Crippen LogP contribution in [0.4, 0.5) is 0 Å². The Bertz CT molecular complexity index is 173.